The number of carbonyl (C=O) groups excluding carboxylic acids is 1. The minimum absolute atomic E-state index is 0.133. The SMILES string of the molecule is Cn1cc(NC(=O)c2cnc(C3CCNCC3)o2)ccc1=O. The van der Waals surface area contributed by atoms with Gasteiger partial charge in [0.05, 0.1) is 11.9 Å². The molecule has 7 nitrogen and oxygen atoms in total. The first-order valence-corrected chi connectivity index (χ1v) is 7.28. The molecule has 0 radical (unpaired) electrons. The normalized spacial score (nSPS) is 15.7. The summed E-state index contributed by atoms with van der Waals surface area (Å²) in [5.74, 6) is 0.696. The van der Waals surface area contributed by atoms with Crippen molar-refractivity contribution in [3.05, 3.63) is 46.5 Å². The van der Waals surface area contributed by atoms with Crippen LogP contribution in [0.15, 0.2) is 33.7 Å². The number of hydrogen-bond acceptors (Lipinski definition) is 5. The van der Waals surface area contributed by atoms with Gasteiger partial charge in [-0.3, -0.25) is 9.59 Å². The first-order valence-electron chi connectivity index (χ1n) is 7.28. The molecule has 0 saturated carbocycles. The Bertz CT molecular complexity index is 728. The number of amides is 1. The number of piperidine rings is 1. The van der Waals surface area contributed by atoms with Crippen molar-refractivity contribution in [1.29, 1.82) is 0 Å². The van der Waals surface area contributed by atoms with Gasteiger partial charge < -0.3 is 19.6 Å². The van der Waals surface area contributed by atoms with Crippen LogP contribution >= 0.6 is 0 Å². The van der Waals surface area contributed by atoms with E-state index in [1.807, 2.05) is 0 Å². The Morgan fingerprint density at radius 3 is 2.91 bits per heavy atom. The first kappa shape index (κ1) is 14.5. The number of oxazole rings is 1. The largest absolute Gasteiger partial charge is 0.435 e. The number of nitrogens with zero attached hydrogens (tertiary/aromatic N) is 2. The van der Waals surface area contributed by atoms with Gasteiger partial charge in [0.25, 0.3) is 5.91 Å². The molecule has 22 heavy (non-hydrogen) atoms. The van der Waals surface area contributed by atoms with Crippen LogP contribution in [0, 0.1) is 0 Å². The molecule has 0 aliphatic carbocycles. The Balaban J connectivity index is 1.70. The van der Waals surface area contributed by atoms with Crippen molar-refractivity contribution in [3.63, 3.8) is 0 Å². The van der Waals surface area contributed by atoms with Crippen LogP contribution in [0.5, 0.6) is 0 Å². The number of hydrogen-bond donors (Lipinski definition) is 2. The number of pyridine rings is 1. The minimum Gasteiger partial charge on any atom is -0.435 e. The molecule has 2 aromatic rings. The molecule has 3 heterocycles. The Labute approximate surface area is 127 Å². The monoisotopic (exact) mass is 302 g/mol. The van der Waals surface area contributed by atoms with Crippen molar-refractivity contribution in [2.75, 3.05) is 18.4 Å². The maximum absolute atomic E-state index is 12.2. The topological polar surface area (TPSA) is 89.2 Å². The molecule has 0 atom stereocenters. The van der Waals surface area contributed by atoms with Crippen LogP contribution in [0.3, 0.4) is 0 Å². The Morgan fingerprint density at radius 2 is 2.18 bits per heavy atom. The van der Waals surface area contributed by atoms with Gasteiger partial charge in [-0.2, -0.15) is 0 Å². The van der Waals surface area contributed by atoms with E-state index in [9.17, 15) is 9.59 Å². The third kappa shape index (κ3) is 3.09. The quantitative estimate of drug-likeness (QED) is 0.886. The maximum Gasteiger partial charge on any atom is 0.293 e. The molecule has 1 aliphatic rings. The number of carbonyl (C=O) groups is 1. The molecular weight excluding hydrogens is 284 g/mol. The van der Waals surface area contributed by atoms with Gasteiger partial charge in [-0.15, -0.1) is 0 Å². The van der Waals surface area contributed by atoms with E-state index >= 15 is 0 Å². The molecule has 2 aromatic heterocycles. The Morgan fingerprint density at radius 1 is 1.41 bits per heavy atom. The van der Waals surface area contributed by atoms with E-state index < -0.39 is 0 Å². The average Bonchev–Trinajstić information content (AvgIpc) is 3.02. The fraction of sp³-hybridized carbons (Fsp3) is 0.400. The second-order valence-electron chi connectivity index (χ2n) is 5.41. The van der Waals surface area contributed by atoms with Gasteiger partial charge in [-0.25, -0.2) is 4.98 Å². The fourth-order valence-electron chi connectivity index (χ4n) is 2.51. The molecule has 1 fully saturated rings. The molecule has 7 heteroatoms. The Kier molecular flexibility index (Phi) is 4.06. The van der Waals surface area contributed by atoms with Crippen molar-refractivity contribution in [1.82, 2.24) is 14.9 Å². The third-order valence-corrected chi connectivity index (χ3v) is 3.78. The predicted octanol–water partition coefficient (Wildman–Crippen LogP) is 1.09. The second-order valence-corrected chi connectivity index (χ2v) is 5.41. The summed E-state index contributed by atoms with van der Waals surface area (Å²) >= 11 is 0. The van der Waals surface area contributed by atoms with Gasteiger partial charge in [0.2, 0.25) is 11.3 Å². The van der Waals surface area contributed by atoms with Crippen molar-refractivity contribution in [3.8, 4) is 0 Å². The summed E-state index contributed by atoms with van der Waals surface area (Å²) in [5.41, 5.74) is 0.401. The van der Waals surface area contributed by atoms with Crippen LogP contribution in [-0.4, -0.2) is 28.5 Å². The van der Waals surface area contributed by atoms with E-state index in [1.54, 1.807) is 19.3 Å². The van der Waals surface area contributed by atoms with E-state index in [4.69, 9.17) is 4.42 Å². The second kappa shape index (κ2) is 6.15. The van der Waals surface area contributed by atoms with E-state index in [0.29, 0.717) is 11.6 Å². The molecule has 2 N–H and O–H groups in total. The van der Waals surface area contributed by atoms with Gasteiger partial charge in [0.15, 0.2) is 5.89 Å². The van der Waals surface area contributed by atoms with Gasteiger partial charge in [0.1, 0.15) is 0 Å². The number of aromatic nitrogens is 2. The first-order chi connectivity index (χ1) is 10.6. The lowest BCUT2D eigenvalue weighted by Crippen LogP contribution is -2.26. The van der Waals surface area contributed by atoms with Gasteiger partial charge in [0, 0.05) is 25.2 Å². The lowest BCUT2D eigenvalue weighted by molar-refractivity contribution is 0.0993. The zero-order chi connectivity index (χ0) is 15.5. The molecule has 116 valence electrons. The fourth-order valence-corrected chi connectivity index (χ4v) is 2.51. The van der Waals surface area contributed by atoms with Gasteiger partial charge >= 0.3 is 0 Å². The third-order valence-electron chi connectivity index (χ3n) is 3.78. The highest BCUT2D eigenvalue weighted by Gasteiger charge is 2.22. The average molecular weight is 302 g/mol. The Hall–Kier alpha value is -2.41. The van der Waals surface area contributed by atoms with Crippen LogP contribution < -0.4 is 16.2 Å². The zero-order valence-corrected chi connectivity index (χ0v) is 12.3. The van der Waals surface area contributed by atoms with E-state index in [-0.39, 0.29) is 23.1 Å². The molecule has 3 rings (SSSR count). The van der Waals surface area contributed by atoms with Crippen molar-refractivity contribution >= 4 is 11.6 Å². The highest BCUT2D eigenvalue weighted by molar-refractivity contribution is 6.01. The summed E-state index contributed by atoms with van der Waals surface area (Å²) < 4.78 is 6.99. The molecule has 1 amide bonds. The molecule has 0 unspecified atom stereocenters. The van der Waals surface area contributed by atoms with Gasteiger partial charge in [-0.1, -0.05) is 0 Å². The van der Waals surface area contributed by atoms with Crippen LogP contribution in [-0.2, 0) is 7.05 Å². The number of aryl methyl sites for hydroxylation is 1. The summed E-state index contributed by atoms with van der Waals surface area (Å²) in [4.78, 5) is 27.7. The summed E-state index contributed by atoms with van der Waals surface area (Å²) in [6.07, 6.45) is 4.93. The summed E-state index contributed by atoms with van der Waals surface area (Å²) in [5, 5.41) is 5.98. The number of rotatable bonds is 3. The molecule has 0 bridgehead atoms. The standard InChI is InChI=1S/C15H18N4O3/c1-19-9-11(2-3-13(19)20)18-14(21)12-8-17-15(22-12)10-4-6-16-7-5-10/h2-3,8-10,16H,4-7H2,1H3,(H,18,21). The number of nitrogens with one attached hydrogen (secondary N) is 2. The predicted molar refractivity (Wildman–Crippen MR) is 81.0 cm³/mol. The van der Waals surface area contributed by atoms with Crippen LogP contribution in [0.2, 0.25) is 0 Å². The van der Waals surface area contributed by atoms with Crippen LogP contribution in [0.25, 0.3) is 0 Å². The van der Waals surface area contributed by atoms with Crippen molar-refractivity contribution in [2.45, 2.75) is 18.8 Å². The highest BCUT2D eigenvalue weighted by atomic mass is 16.4. The molecule has 1 saturated heterocycles. The smallest absolute Gasteiger partial charge is 0.293 e. The number of anilines is 1. The lowest BCUT2D eigenvalue weighted by Gasteiger charge is -2.19. The van der Waals surface area contributed by atoms with Crippen molar-refractivity contribution in [2.24, 2.45) is 7.05 Å². The van der Waals surface area contributed by atoms with Crippen LogP contribution in [0.4, 0.5) is 5.69 Å². The summed E-state index contributed by atoms with van der Waals surface area (Å²) in [7, 11) is 1.63. The highest BCUT2D eigenvalue weighted by Crippen LogP contribution is 2.24. The lowest BCUT2D eigenvalue weighted by atomic mass is 9.98. The zero-order valence-electron chi connectivity index (χ0n) is 12.3. The van der Waals surface area contributed by atoms with E-state index in [0.717, 1.165) is 25.9 Å². The molecule has 0 spiro atoms. The summed E-state index contributed by atoms with van der Waals surface area (Å²) in [6, 6.07) is 2.96. The maximum atomic E-state index is 12.2. The van der Waals surface area contributed by atoms with Crippen LogP contribution in [0.1, 0.15) is 35.2 Å². The van der Waals surface area contributed by atoms with Crippen molar-refractivity contribution < 1.29 is 9.21 Å². The minimum atomic E-state index is -0.369. The molecule has 1 aliphatic heterocycles. The van der Waals surface area contributed by atoms with Gasteiger partial charge in [-0.05, 0) is 32.0 Å². The van der Waals surface area contributed by atoms with E-state index in [1.165, 1.54) is 16.8 Å². The summed E-state index contributed by atoms with van der Waals surface area (Å²) in [6.45, 7) is 1.87. The van der Waals surface area contributed by atoms with E-state index in [2.05, 4.69) is 15.6 Å². The molecule has 0 aromatic carbocycles. The molecular formula is C15H18N4O3.